The van der Waals surface area contributed by atoms with Gasteiger partial charge in [0.2, 0.25) is 0 Å². The number of hydrogen-bond acceptors (Lipinski definition) is 0. The summed E-state index contributed by atoms with van der Waals surface area (Å²) in [5.74, 6) is 0. The van der Waals surface area contributed by atoms with Gasteiger partial charge in [-0.3, -0.25) is 0 Å². The van der Waals surface area contributed by atoms with Gasteiger partial charge in [-0.15, -0.1) is 0 Å². The minimum Gasteiger partial charge on any atom is -0.0622 e. The summed E-state index contributed by atoms with van der Waals surface area (Å²) in [7, 11) is 0. The zero-order valence-corrected chi connectivity index (χ0v) is 17.5. The Balaban J connectivity index is 1.63. The first-order valence-electron chi connectivity index (χ1n) is 10.8. The molecule has 0 spiro atoms. The molecule has 31 heavy (non-hydrogen) atoms. The van der Waals surface area contributed by atoms with Crippen LogP contribution in [0.2, 0.25) is 0 Å². The summed E-state index contributed by atoms with van der Waals surface area (Å²) in [6.07, 6.45) is 0. The summed E-state index contributed by atoms with van der Waals surface area (Å²) in [6.45, 7) is 2.18. The Morgan fingerprint density at radius 1 is 0.323 bits per heavy atom. The molecule has 0 saturated carbocycles. The Bertz CT molecular complexity index is 1540. The van der Waals surface area contributed by atoms with E-state index < -0.39 is 0 Å². The summed E-state index contributed by atoms with van der Waals surface area (Å²) in [6, 6.07) is 41.9. The lowest BCUT2D eigenvalue weighted by Crippen LogP contribution is -1.87. The van der Waals surface area contributed by atoms with E-state index in [-0.39, 0.29) is 0 Å². The SMILES string of the molecule is Cc1cc(-c2ccccc2)cc(-c2ccc3c4ccccc4c4ccccc4c3c2)c1. The summed E-state index contributed by atoms with van der Waals surface area (Å²) in [5, 5.41) is 7.90. The number of rotatable bonds is 2. The molecule has 6 aromatic rings. The highest BCUT2D eigenvalue weighted by Crippen LogP contribution is 2.37. The van der Waals surface area contributed by atoms with Gasteiger partial charge in [0.1, 0.15) is 0 Å². The maximum Gasteiger partial charge on any atom is -0.00928 e. The fraction of sp³-hybridized carbons (Fsp3) is 0.0323. The van der Waals surface area contributed by atoms with E-state index in [9.17, 15) is 0 Å². The van der Waals surface area contributed by atoms with Gasteiger partial charge in [-0.2, -0.15) is 0 Å². The van der Waals surface area contributed by atoms with Gasteiger partial charge in [0, 0.05) is 0 Å². The molecule has 0 fully saturated rings. The van der Waals surface area contributed by atoms with Gasteiger partial charge in [-0.05, 0) is 79.2 Å². The maximum absolute atomic E-state index is 2.37. The minimum atomic E-state index is 1.25. The van der Waals surface area contributed by atoms with Crippen LogP contribution in [0.3, 0.4) is 0 Å². The molecular formula is C31H22. The molecule has 0 aromatic heterocycles. The van der Waals surface area contributed by atoms with E-state index >= 15 is 0 Å². The van der Waals surface area contributed by atoms with Crippen LogP contribution in [-0.2, 0) is 0 Å². The van der Waals surface area contributed by atoms with Gasteiger partial charge in [-0.1, -0.05) is 103 Å². The van der Waals surface area contributed by atoms with Crippen molar-refractivity contribution >= 4 is 32.3 Å². The van der Waals surface area contributed by atoms with E-state index in [0.29, 0.717) is 0 Å². The lowest BCUT2D eigenvalue weighted by molar-refractivity contribution is 1.46. The molecule has 0 bridgehead atoms. The molecule has 0 atom stereocenters. The van der Waals surface area contributed by atoms with Crippen molar-refractivity contribution in [3.05, 3.63) is 121 Å². The molecule has 0 saturated heterocycles. The van der Waals surface area contributed by atoms with Crippen LogP contribution in [0, 0.1) is 6.92 Å². The second-order valence-corrected chi connectivity index (χ2v) is 8.31. The van der Waals surface area contributed by atoms with E-state index in [4.69, 9.17) is 0 Å². The van der Waals surface area contributed by atoms with Crippen LogP contribution in [-0.4, -0.2) is 0 Å². The molecule has 6 rings (SSSR count). The summed E-state index contributed by atoms with van der Waals surface area (Å²) in [4.78, 5) is 0. The van der Waals surface area contributed by atoms with Crippen molar-refractivity contribution < 1.29 is 0 Å². The Morgan fingerprint density at radius 2 is 0.806 bits per heavy atom. The highest BCUT2D eigenvalue weighted by Gasteiger charge is 2.10. The topological polar surface area (TPSA) is 0 Å². The van der Waals surface area contributed by atoms with Crippen molar-refractivity contribution in [1.82, 2.24) is 0 Å². The average Bonchev–Trinajstić information content (AvgIpc) is 2.84. The van der Waals surface area contributed by atoms with Crippen molar-refractivity contribution in [1.29, 1.82) is 0 Å². The number of hydrogen-bond donors (Lipinski definition) is 0. The van der Waals surface area contributed by atoms with E-state index in [1.54, 1.807) is 0 Å². The lowest BCUT2D eigenvalue weighted by atomic mass is 9.91. The standard InChI is InChI=1S/C31H22/c1-21-17-24(22-9-3-2-4-10-22)19-25(18-21)23-15-16-30-28-13-6-5-11-26(28)27-12-7-8-14-29(27)31(30)20-23/h2-20H,1H3. The number of aryl methyl sites for hydroxylation is 1. The highest BCUT2D eigenvalue weighted by molar-refractivity contribution is 6.25. The van der Waals surface area contributed by atoms with Crippen LogP contribution >= 0.6 is 0 Å². The third-order valence-electron chi connectivity index (χ3n) is 6.26. The monoisotopic (exact) mass is 394 g/mol. The third-order valence-corrected chi connectivity index (χ3v) is 6.26. The van der Waals surface area contributed by atoms with E-state index in [1.807, 2.05) is 0 Å². The van der Waals surface area contributed by atoms with Gasteiger partial charge in [-0.25, -0.2) is 0 Å². The quantitative estimate of drug-likeness (QED) is 0.257. The van der Waals surface area contributed by atoms with Crippen LogP contribution in [0.5, 0.6) is 0 Å². The largest absolute Gasteiger partial charge is 0.0622 e. The molecule has 0 aliphatic rings. The smallest absolute Gasteiger partial charge is 0.00928 e. The fourth-order valence-electron chi connectivity index (χ4n) is 4.83. The van der Waals surface area contributed by atoms with Crippen molar-refractivity contribution in [3.63, 3.8) is 0 Å². The van der Waals surface area contributed by atoms with Crippen LogP contribution in [0.1, 0.15) is 5.56 Å². The van der Waals surface area contributed by atoms with Crippen LogP contribution in [0.25, 0.3) is 54.6 Å². The van der Waals surface area contributed by atoms with Gasteiger partial charge in [0.15, 0.2) is 0 Å². The van der Waals surface area contributed by atoms with Crippen LogP contribution in [0.15, 0.2) is 115 Å². The predicted molar refractivity (Wildman–Crippen MR) is 135 cm³/mol. The third kappa shape index (κ3) is 3.00. The van der Waals surface area contributed by atoms with E-state index in [0.717, 1.165) is 0 Å². The fourth-order valence-corrected chi connectivity index (χ4v) is 4.83. The molecule has 0 N–H and O–H groups in total. The zero-order valence-electron chi connectivity index (χ0n) is 17.5. The molecule has 6 aromatic carbocycles. The normalized spacial score (nSPS) is 11.4. The highest BCUT2D eigenvalue weighted by atomic mass is 14.1. The molecule has 0 aliphatic heterocycles. The Hall–Kier alpha value is -3.90. The van der Waals surface area contributed by atoms with E-state index in [2.05, 4.69) is 122 Å². The molecular weight excluding hydrogens is 372 g/mol. The summed E-state index contributed by atoms with van der Waals surface area (Å²) < 4.78 is 0. The number of benzene rings is 6. The van der Waals surface area contributed by atoms with Crippen LogP contribution in [0.4, 0.5) is 0 Å². The van der Waals surface area contributed by atoms with E-state index in [1.165, 1.54) is 60.1 Å². The maximum atomic E-state index is 2.37. The first-order valence-corrected chi connectivity index (χ1v) is 10.8. The van der Waals surface area contributed by atoms with Crippen molar-refractivity contribution in [3.8, 4) is 22.3 Å². The molecule has 0 radical (unpaired) electrons. The average molecular weight is 395 g/mol. The zero-order chi connectivity index (χ0) is 20.8. The number of fused-ring (bicyclic) bond motifs is 6. The molecule has 0 nitrogen and oxygen atoms in total. The summed E-state index contributed by atoms with van der Waals surface area (Å²) >= 11 is 0. The summed E-state index contributed by atoms with van der Waals surface area (Å²) in [5.41, 5.74) is 6.32. The minimum absolute atomic E-state index is 1.25. The molecule has 0 amide bonds. The Labute approximate surface area is 182 Å². The van der Waals surface area contributed by atoms with Gasteiger partial charge >= 0.3 is 0 Å². The molecule has 0 aliphatic carbocycles. The van der Waals surface area contributed by atoms with Gasteiger partial charge in [0.05, 0.1) is 0 Å². The first-order chi connectivity index (χ1) is 15.3. The van der Waals surface area contributed by atoms with Crippen molar-refractivity contribution in [2.45, 2.75) is 6.92 Å². The molecule has 146 valence electrons. The molecule has 0 heterocycles. The predicted octanol–water partition coefficient (Wildman–Crippen LogP) is 8.79. The van der Waals surface area contributed by atoms with Gasteiger partial charge in [0.25, 0.3) is 0 Å². The molecule has 0 heteroatoms. The molecule has 0 unspecified atom stereocenters. The van der Waals surface area contributed by atoms with Gasteiger partial charge < -0.3 is 0 Å². The van der Waals surface area contributed by atoms with Crippen LogP contribution < -0.4 is 0 Å². The second kappa shape index (κ2) is 7.11. The Kier molecular flexibility index (Phi) is 4.11. The first kappa shape index (κ1) is 17.9. The lowest BCUT2D eigenvalue weighted by Gasteiger charge is -2.13. The second-order valence-electron chi connectivity index (χ2n) is 8.31. The Morgan fingerprint density at radius 3 is 1.42 bits per heavy atom. The van der Waals surface area contributed by atoms with Crippen molar-refractivity contribution in [2.24, 2.45) is 0 Å². The van der Waals surface area contributed by atoms with Crippen molar-refractivity contribution in [2.75, 3.05) is 0 Å².